The number of carbonyl (C=O) groups excluding carboxylic acids is 2. The van der Waals surface area contributed by atoms with Crippen LogP contribution in [0.2, 0.25) is 0 Å². The van der Waals surface area contributed by atoms with Gasteiger partial charge in [0.1, 0.15) is 0 Å². The number of imide groups is 1. The molecule has 22 heavy (non-hydrogen) atoms. The van der Waals surface area contributed by atoms with Crippen LogP contribution in [0.25, 0.3) is 0 Å². The van der Waals surface area contributed by atoms with Crippen molar-refractivity contribution in [2.24, 2.45) is 0 Å². The fraction of sp³-hybridized carbons (Fsp3) is 0.312. The van der Waals surface area contributed by atoms with Gasteiger partial charge in [0.05, 0.1) is 11.1 Å². The van der Waals surface area contributed by atoms with E-state index in [2.05, 4.69) is 0 Å². The van der Waals surface area contributed by atoms with Gasteiger partial charge in [0.2, 0.25) is 0 Å². The summed E-state index contributed by atoms with van der Waals surface area (Å²) in [5, 5.41) is 9.02. The van der Waals surface area contributed by atoms with Crippen molar-refractivity contribution in [2.45, 2.75) is 12.8 Å². The lowest BCUT2D eigenvalue weighted by Gasteiger charge is -2.26. The highest BCUT2D eigenvalue weighted by Gasteiger charge is 2.34. The number of amides is 3. The van der Waals surface area contributed by atoms with Crippen molar-refractivity contribution < 1.29 is 19.5 Å². The van der Waals surface area contributed by atoms with Crippen molar-refractivity contribution in [2.75, 3.05) is 19.6 Å². The first-order valence-corrected chi connectivity index (χ1v) is 7.19. The molecule has 1 saturated heterocycles. The molecule has 0 atom stereocenters. The Morgan fingerprint density at radius 1 is 1.18 bits per heavy atom. The molecule has 1 N–H and O–H groups in total. The third kappa shape index (κ3) is 2.47. The number of hydrogen-bond acceptors (Lipinski definition) is 3. The topological polar surface area (TPSA) is 77.9 Å². The van der Waals surface area contributed by atoms with Crippen LogP contribution in [0.4, 0.5) is 4.79 Å². The number of carbonyl (C=O) groups is 3. The monoisotopic (exact) mass is 300 g/mol. The van der Waals surface area contributed by atoms with Gasteiger partial charge >= 0.3 is 6.09 Å². The second-order valence-corrected chi connectivity index (χ2v) is 5.44. The van der Waals surface area contributed by atoms with Gasteiger partial charge in [0, 0.05) is 19.6 Å². The zero-order valence-electron chi connectivity index (χ0n) is 12.0. The summed E-state index contributed by atoms with van der Waals surface area (Å²) in [5.41, 5.74) is 1.81. The predicted molar refractivity (Wildman–Crippen MR) is 78.7 cm³/mol. The van der Waals surface area contributed by atoms with Crippen LogP contribution in [0.1, 0.15) is 33.6 Å². The zero-order chi connectivity index (χ0) is 15.7. The first-order chi connectivity index (χ1) is 10.6. The molecule has 114 valence electrons. The minimum atomic E-state index is -0.939. The molecule has 0 saturated carbocycles. The second kappa shape index (κ2) is 5.63. The Morgan fingerprint density at radius 2 is 1.82 bits per heavy atom. The van der Waals surface area contributed by atoms with Crippen molar-refractivity contribution in [3.63, 3.8) is 0 Å². The smallest absolute Gasteiger partial charge is 0.407 e. The second-order valence-electron chi connectivity index (χ2n) is 5.44. The van der Waals surface area contributed by atoms with Crippen LogP contribution in [0.3, 0.4) is 0 Å². The van der Waals surface area contributed by atoms with Gasteiger partial charge < -0.3 is 10.0 Å². The van der Waals surface area contributed by atoms with Gasteiger partial charge in [-0.25, -0.2) is 4.79 Å². The summed E-state index contributed by atoms with van der Waals surface area (Å²) >= 11 is 0. The number of fused-ring (bicyclic) bond motifs is 1. The maximum Gasteiger partial charge on any atom is 0.407 e. The van der Waals surface area contributed by atoms with Crippen molar-refractivity contribution >= 4 is 17.9 Å². The van der Waals surface area contributed by atoms with E-state index in [9.17, 15) is 14.4 Å². The molecule has 0 unspecified atom stereocenters. The summed E-state index contributed by atoms with van der Waals surface area (Å²) in [7, 11) is 0. The third-order valence-corrected chi connectivity index (χ3v) is 4.03. The molecule has 1 fully saturated rings. The minimum Gasteiger partial charge on any atom is -0.465 e. The Morgan fingerprint density at radius 3 is 2.41 bits per heavy atom. The summed E-state index contributed by atoms with van der Waals surface area (Å²) in [5.74, 6) is -0.577. The predicted octanol–water partition coefficient (Wildman–Crippen LogP) is 1.98. The highest BCUT2D eigenvalue weighted by Crippen LogP contribution is 2.23. The Bertz CT molecular complexity index is 645. The van der Waals surface area contributed by atoms with Gasteiger partial charge in [-0.05, 0) is 25.0 Å². The number of piperidine rings is 1. The molecular weight excluding hydrogens is 284 g/mol. The van der Waals surface area contributed by atoms with Crippen molar-refractivity contribution in [3.05, 3.63) is 47.0 Å². The Balaban J connectivity index is 1.72. The van der Waals surface area contributed by atoms with E-state index in [1.807, 2.05) is 0 Å². The fourth-order valence-electron chi connectivity index (χ4n) is 2.86. The van der Waals surface area contributed by atoms with Gasteiger partial charge in [0.15, 0.2) is 0 Å². The lowest BCUT2D eigenvalue weighted by Crippen LogP contribution is -2.36. The molecule has 3 amide bonds. The standard InChI is InChI=1S/C16H16N2O4/c19-14-12-5-1-2-6-13(12)15(20)18(14)9-7-11-4-3-8-17(10-11)16(21)22/h1-2,5-7H,3-4,8-10H2,(H,21,22). The molecule has 0 bridgehead atoms. The van der Waals surface area contributed by atoms with Crippen LogP contribution in [-0.2, 0) is 0 Å². The lowest BCUT2D eigenvalue weighted by molar-refractivity contribution is 0.0671. The molecule has 1 aromatic rings. The molecule has 2 aliphatic rings. The molecule has 2 heterocycles. The van der Waals surface area contributed by atoms with Gasteiger partial charge in [0.25, 0.3) is 11.8 Å². The molecular formula is C16H16N2O4. The number of hydrogen-bond donors (Lipinski definition) is 1. The molecule has 0 spiro atoms. The van der Waals surface area contributed by atoms with Crippen molar-refractivity contribution in [3.8, 4) is 0 Å². The number of rotatable bonds is 2. The first kappa shape index (κ1) is 14.3. The molecule has 2 aliphatic heterocycles. The highest BCUT2D eigenvalue weighted by molar-refractivity contribution is 6.21. The maximum absolute atomic E-state index is 12.2. The molecule has 6 heteroatoms. The Hall–Kier alpha value is -2.63. The molecule has 6 nitrogen and oxygen atoms in total. The van der Waals surface area contributed by atoms with Gasteiger partial charge in [-0.15, -0.1) is 0 Å². The minimum absolute atomic E-state index is 0.190. The van der Waals surface area contributed by atoms with Crippen LogP contribution in [0.5, 0.6) is 0 Å². The fourth-order valence-corrected chi connectivity index (χ4v) is 2.86. The van der Waals surface area contributed by atoms with E-state index in [1.165, 1.54) is 9.80 Å². The number of nitrogens with zero attached hydrogens (tertiary/aromatic N) is 2. The molecule has 0 aromatic heterocycles. The van der Waals surface area contributed by atoms with Crippen molar-refractivity contribution in [1.82, 2.24) is 9.80 Å². The Labute approximate surface area is 127 Å². The van der Waals surface area contributed by atoms with Crippen molar-refractivity contribution in [1.29, 1.82) is 0 Å². The summed E-state index contributed by atoms with van der Waals surface area (Å²) < 4.78 is 0. The van der Waals surface area contributed by atoms with Crippen LogP contribution >= 0.6 is 0 Å². The average molecular weight is 300 g/mol. The van der Waals surface area contributed by atoms with Gasteiger partial charge in [-0.1, -0.05) is 23.8 Å². The highest BCUT2D eigenvalue weighted by atomic mass is 16.4. The zero-order valence-corrected chi connectivity index (χ0v) is 12.0. The van der Waals surface area contributed by atoms with Gasteiger partial charge in [-0.3, -0.25) is 14.5 Å². The van der Waals surface area contributed by atoms with Crippen LogP contribution in [-0.4, -0.2) is 52.4 Å². The van der Waals surface area contributed by atoms with E-state index in [-0.39, 0.29) is 18.4 Å². The Kier molecular flexibility index (Phi) is 3.66. The van der Waals surface area contributed by atoms with Crippen LogP contribution in [0.15, 0.2) is 35.9 Å². The molecule has 3 rings (SSSR count). The third-order valence-electron chi connectivity index (χ3n) is 4.03. The van der Waals surface area contributed by atoms with E-state index >= 15 is 0 Å². The molecule has 1 aromatic carbocycles. The van der Waals surface area contributed by atoms with Crippen LogP contribution < -0.4 is 0 Å². The average Bonchev–Trinajstić information content (AvgIpc) is 2.78. The largest absolute Gasteiger partial charge is 0.465 e. The van der Waals surface area contributed by atoms with E-state index in [0.29, 0.717) is 24.2 Å². The number of benzene rings is 1. The summed E-state index contributed by atoms with van der Waals surface area (Å²) in [6, 6.07) is 6.76. The molecule has 0 aliphatic carbocycles. The number of likely N-dealkylation sites (tertiary alicyclic amines) is 1. The van der Waals surface area contributed by atoms with Gasteiger partial charge in [-0.2, -0.15) is 0 Å². The summed E-state index contributed by atoms with van der Waals surface area (Å²) in [6.45, 7) is 1.06. The van der Waals surface area contributed by atoms with E-state index in [4.69, 9.17) is 5.11 Å². The summed E-state index contributed by atoms with van der Waals surface area (Å²) in [4.78, 5) is 38.0. The normalized spacial score (nSPS) is 19.7. The molecule has 0 radical (unpaired) electrons. The SMILES string of the molecule is O=C(O)N1CCCC(=CCN2C(=O)c3ccccc3C2=O)C1. The van der Waals surface area contributed by atoms with E-state index < -0.39 is 6.09 Å². The quantitative estimate of drug-likeness (QED) is 0.669. The first-order valence-electron chi connectivity index (χ1n) is 7.19. The number of carboxylic acid groups (broad SMARTS) is 1. The maximum atomic E-state index is 12.2. The van der Waals surface area contributed by atoms with Crippen LogP contribution in [0, 0.1) is 0 Å². The lowest BCUT2D eigenvalue weighted by atomic mass is 10.0. The van der Waals surface area contributed by atoms with E-state index in [1.54, 1.807) is 30.3 Å². The summed E-state index contributed by atoms with van der Waals surface area (Å²) in [6.07, 6.45) is 2.43. The van der Waals surface area contributed by atoms with E-state index in [0.717, 1.165) is 18.4 Å².